The summed E-state index contributed by atoms with van der Waals surface area (Å²) in [4.78, 5) is 67.2. The fourth-order valence-electron chi connectivity index (χ4n) is 19.3. The Hall–Kier alpha value is -4.43. The molecule has 0 bridgehead atoms. The Balaban J connectivity index is 1.11. The fourth-order valence-corrected chi connectivity index (χ4v) is 19.3. The third-order valence-electron chi connectivity index (χ3n) is 27.7. The van der Waals surface area contributed by atoms with Gasteiger partial charge in [0.05, 0.1) is 82.7 Å². The van der Waals surface area contributed by atoms with Crippen LogP contribution in [0.5, 0.6) is 0 Å². The summed E-state index contributed by atoms with van der Waals surface area (Å²) >= 11 is 0. The van der Waals surface area contributed by atoms with Crippen molar-refractivity contribution in [1.29, 1.82) is 0 Å². The van der Waals surface area contributed by atoms with Gasteiger partial charge in [0.15, 0.2) is 44.0 Å². The van der Waals surface area contributed by atoms with Crippen molar-refractivity contribution >= 4 is 29.6 Å². The lowest BCUT2D eigenvalue weighted by Crippen LogP contribution is -2.72. The molecule has 0 aromatic rings. The van der Waals surface area contributed by atoms with E-state index >= 15 is 0 Å². The molecule has 0 aromatic carbocycles. The highest BCUT2D eigenvalue weighted by Crippen LogP contribution is 2.43. The number of hydrogen-bond acceptors (Lipinski definition) is 43. The molecule has 8 aliphatic rings. The second-order valence-electron chi connectivity index (χ2n) is 39.1. The van der Waals surface area contributed by atoms with Gasteiger partial charge in [-0.1, -0.05) is 193 Å². The quantitative estimate of drug-likeness (QED) is 0.0201. The number of ether oxygens (including phenoxy) is 16. The van der Waals surface area contributed by atoms with Gasteiger partial charge in [-0.3, -0.25) is 19.2 Å². The van der Waals surface area contributed by atoms with Crippen LogP contribution in [0, 0.1) is 0 Å². The maximum Gasteiger partial charge on any atom is 0.364 e. The minimum absolute atomic E-state index is 0.0849. The van der Waals surface area contributed by atoms with E-state index in [1.54, 1.807) is 6.08 Å². The highest BCUT2D eigenvalue weighted by atomic mass is 16.8. The third kappa shape index (κ3) is 35.6. The Morgan fingerprint density at radius 3 is 1.25 bits per heavy atom. The number of carbonyl (C=O) groups excluding carboxylic acids is 4. The number of carboxylic acids is 1. The van der Waals surface area contributed by atoms with Crippen molar-refractivity contribution in [2.24, 2.45) is 0 Å². The Bertz CT molecular complexity index is 3640. The van der Waals surface area contributed by atoms with Gasteiger partial charge in [-0.05, 0) is 33.1 Å². The molecule has 0 aromatic heterocycles. The molecule has 4 amide bonds. The third-order valence-corrected chi connectivity index (χ3v) is 27.7. The number of hydrogen-bond donors (Lipinski definition) is 27. The lowest BCUT2D eigenvalue weighted by atomic mass is 9.88. The van der Waals surface area contributed by atoms with Crippen molar-refractivity contribution in [2.45, 2.75) is 511 Å². The largest absolute Gasteiger partial charge is 0.477 e. The number of aliphatic hydroxyl groups excluding tert-OH is 22. The van der Waals surface area contributed by atoms with E-state index in [9.17, 15) is 141 Å². The maximum atomic E-state index is 14.0. The van der Waals surface area contributed by atoms with Crippen LogP contribution in [-0.4, -0.2) is 457 Å². The summed E-state index contributed by atoms with van der Waals surface area (Å²) in [6.45, 7) is 2.13. The zero-order valence-corrected chi connectivity index (χ0v) is 83.1. The first-order valence-electron chi connectivity index (χ1n) is 51.3. The first-order chi connectivity index (χ1) is 68.2. The molecular formula is C95H168N4O44. The predicted octanol–water partition coefficient (Wildman–Crippen LogP) is -4.59. The van der Waals surface area contributed by atoms with E-state index in [-0.39, 0.29) is 6.42 Å². The van der Waals surface area contributed by atoms with E-state index in [0.717, 1.165) is 85.0 Å². The number of amides is 4. The van der Waals surface area contributed by atoms with Crippen molar-refractivity contribution in [2.75, 3.05) is 46.2 Å². The molecule has 48 heteroatoms. The molecule has 27 N–H and O–H groups in total. The molecule has 143 heavy (non-hydrogen) atoms. The summed E-state index contributed by atoms with van der Waals surface area (Å²) < 4.78 is 98.1. The number of rotatable bonds is 62. The number of carbonyl (C=O) groups is 5. The highest BCUT2D eigenvalue weighted by molar-refractivity contribution is 5.77. The summed E-state index contributed by atoms with van der Waals surface area (Å²) in [5.41, 5.74) is 0. The Morgan fingerprint density at radius 1 is 0.385 bits per heavy atom. The summed E-state index contributed by atoms with van der Waals surface area (Å²) in [5.74, 6) is -8.85. The van der Waals surface area contributed by atoms with E-state index in [2.05, 4.69) is 35.1 Å². The highest BCUT2D eigenvalue weighted by Gasteiger charge is 2.63. The Morgan fingerprint density at radius 2 is 0.769 bits per heavy atom. The number of allylic oxidation sites excluding steroid dienone is 1. The summed E-state index contributed by atoms with van der Waals surface area (Å²) in [6.07, 6.45) is -45.5. The zero-order chi connectivity index (χ0) is 105. The second kappa shape index (κ2) is 62.5. The van der Waals surface area contributed by atoms with E-state index in [1.807, 2.05) is 0 Å². The van der Waals surface area contributed by atoms with E-state index in [1.165, 1.54) is 129 Å². The van der Waals surface area contributed by atoms with Crippen LogP contribution < -0.4 is 21.3 Å². The monoisotopic (exact) mass is 2070 g/mol. The van der Waals surface area contributed by atoms with E-state index in [4.69, 9.17) is 75.8 Å². The molecule has 832 valence electrons. The smallest absolute Gasteiger partial charge is 0.364 e. The van der Waals surface area contributed by atoms with Gasteiger partial charge in [0.25, 0.3) is 5.79 Å². The molecule has 8 rings (SSSR count). The normalized spacial score (nSPS) is 38.6. The number of aliphatic carboxylic acids is 1. The van der Waals surface area contributed by atoms with Crippen molar-refractivity contribution < 1.29 is 217 Å². The molecule has 0 aliphatic carbocycles. The van der Waals surface area contributed by atoms with Gasteiger partial charge < -0.3 is 215 Å². The first-order valence-corrected chi connectivity index (χ1v) is 51.3. The number of unbranched alkanes of at least 4 members (excludes halogenated alkanes) is 27. The molecular weight excluding hydrogens is 1900 g/mol. The lowest BCUT2D eigenvalue weighted by Gasteiger charge is -2.52. The maximum absolute atomic E-state index is 14.0. The minimum Gasteiger partial charge on any atom is -0.477 e. The van der Waals surface area contributed by atoms with Crippen molar-refractivity contribution in [3.63, 3.8) is 0 Å². The molecule has 8 saturated heterocycles. The van der Waals surface area contributed by atoms with Crippen molar-refractivity contribution in [1.82, 2.24) is 21.3 Å². The fraction of sp³-hybridized carbons (Fsp3) is 0.926. The lowest BCUT2D eigenvalue weighted by molar-refractivity contribution is -0.400. The number of aliphatic hydroxyl groups is 22. The Kier molecular flexibility index (Phi) is 54.1. The van der Waals surface area contributed by atoms with E-state index < -0.39 is 345 Å². The average Bonchev–Trinajstić information content (AvgIpc) is 0.753. The summed E-state index contributed by atoms with van der Waals surface area (Å²) in [5, 5.41) is 273. The molecule has 8 aliphatic heterocycles. The van der Waals surface area contributed by atoms with Gasteiger partial charge in [-0.15, -0.1) is 0 Å². The molecule has 8 heterocycles. The SMILES string of the molecule is CCCCCCCCCCCCC/C=C/[C@@H](O)[C@H](CO[C@@H]1OC(CO)[C@@H](O[C@@H]2OC(CO[C@@H]3OC(CO)[C@@H](O)[C@H](O[C@H]4OC(C)[C@@H](O)C(O)[C@@H]4O)C3NC(C)=O)[C@H](O)[C@H](O[C@@H]3OC(CO)[C@@H](O[C@H]4OC(C)[C@@H](O)C(O)[C@@H]4O)[C@H](O[C@@H]4OC(CO)[C@H](O)[C@H](O[C@]5(C(=O)O)CC(O)[C@@H](NC(C)=O)C([C@H](O)[C@H](O)CO)O5)C4O)C3NC(C)=O)C2O)[C@H](O)C1O)NC(=O)CCCCCCCCCCCCCCCCCCC. The molecule has 16 unspecified atom stereocenters. The van der Waals surface area contributed by atoms with Gasteiger partial charge in [0, 0.05) is 33.6 Å². The summed E-state index contributed by atoms with van der Waals surface area (Å²) in [7, 11) is 0. The number of nitrogens with one attached hydrogen (secondary N) is 4. The van der Waals surface area contributed by atoms with Gasteiger partial charge in [0.1, 0.15) is 177 Å². The van der Waals surface area contributed by atoms with Crippen LogP contribution in [0.25, 0.3) is 0 Å². The van der Waals surface area contributed by atoms with Crippen LogP contribution in [-0.2, 0) is 99.8 Å². The van der Waals surface area contributed by atoms with Crippen LogP contribution in [0.4, 0.5) is 0 Å². The topological polar surface area (TPSA) is 746 Å². The van der Waals surface area contributed by atoms with Gasteiger partial charge in [0.2, 0.25) is 23.6 Å². The van der Waals surface area contributed by atoms with Gasteiger partial charge >= 0.3 is 5.97 Å². The van der Waals surface area contributed by atoms with Crippen molar-refractivity contribution in [3.8, 4) is 0 Å². The standard InChI is InChI=1S/C95H168N4O44/c1-8-10-12-14-16-18-20-22-23-24-25-27-29-31-33-35-37-39-62(111)99-53(54(108)38-36-34-32-30-28-26-21-19-17-15-13-11-9-2)46-128-89-77(123)74(120)80(59(44-103)135-89)137-92-78(124)85(71(117)61(136-92)47-129-87-64(97-51(6)106)82(69(115)57(42-101)132-87)139-91-76(122)73(119)67(113)49(4)131-91)141-88-65(98-52(7)107)84(81(60(45-104)134-88)138-90-75(121)72(118)66(112)48(3)130-90)140-93-79(125)86(70(116)58(43-102)133-93)143-95(94(126)127)40-55(109)63(96-50(5)105)83(142-95)68(114)56(110)41-100/h36,38,48-49,53-61,63-93,100-104,108-110,112-125H,8-35,37,39-47H2,1-7H3,(H,96,105)(H,97,106)(H,98,107)(H,99,111)(H,126,127)/b38-36+/t48?,49?,53-,54+,55?,56+,57?,58?,59?,60?,61?,63+,64?,65?,66+,67+,68+,69+,70-,71-,72?,73?,74+,75-,76-,77?,78?,79?,80+,81+,82+,83?,84+,85-,86-,87+,88-,89+,90+,91+,92-,93-,95-/m0/s1. The average molecular weight is 2070 g/mol. The molecule has 0 spiro atoms. The van der Waals surface area contributed by atoms with Crippen LogP contribution in [0.1, 0.15) is 248 Å². The Labute approximate surface area is 833 Å². The first kappa shape index (κ1) is 124. The van der Waals surface area contributed by atoms with Crippen LogP contribution in [0.15, 0.2) is 12.2 Å². The number of carboxylic acid groups (broad SMARTS) is 1. The molecule has 8 fully saturated rings. The van der Waals surface area contributed by atoms with Crippen LogP contribution in [0.2, 0.25) is 0 Å². The van der Waals surface area contributed by atoms with Gasteiger partial charge in [-0.25, -0.2) is 4.79 Å². The molecule has 0 saturated carbocycles. The van der Waals surface area contributed by atoms with Crippen LogP contribution >= 0.6 is 0 Å². The minimum atomic E-state index is -3.38. The molecule has 0 radical (unpaired) electrons. The van der Waals surface area contributed by atoms with Crippen molar-refractivity contribution in [3.05, 3.63) is 12.2 Å². The zero-order valence-electron chi connectivity index (χ0n) is 83.1. The van der Waals surface area contributed by atoms with Crippen LogP contribution in [0.3, 0.4) is 0 Å². The van der Waals surface area contributed by atoms with E-state index in [0.29, 0.717) is 12.8 Å². The predicted molar refractivity (Wildman–Crippen MR) is 494 cm³/mol. The molecule has 43 atom stereocenters. The van der Waals surface area contributed by atoms with Gasteiger partial charge in [-0.2, -0.15) is 0 Å². The molecule has 48 nitrogen and oxygen atoms in total. The second-order valence-corrected chi connectivity index (χ2v) is 39.1. The summed E-state index contributed by atoms with van der Waals surface area (Å²) in [6, 6.07) is -6.98.